The van der Waals surface area contributed by atoms with Gasteiger partial charge in [-0.1, -0.05) is 109 Å². The van der Waals surface area contributed by atoms with Gasteiger partial charge in [-0.15, -0.1) is 0 Å². The highest BCUT2D eigenvalue weighted by molar-refractivity contribution is 6.24. The van der Waals surface area contributed by atoms with Gasteiger partial charge in [-0.05, 0) is 71.8 Å². The Bertz CT molecular complexity index is 3130. The molecular weight excluding hydrogens is 625 g/mol. The monoisotopic (exact) mass is 652 g/mol. The molecule has 0 aliphatic rings. The van der Waals surface area contributed by atoms with E-state index >= 15 is 0 Å². The molecule has 4 heteroatoms. The molecule has 0 saturated heterocycles. The van der Waals surface area contributed by atoms with Crippen LogP contribution in [0.5, 0.6) is 0 Å². The zero-order chi connectivity index (χ0) is 33.5. The van der Waals surface area contributed by atoms with Gasteiger partial charge in [-0.2, -0.15) is 0 Å². The number of nitrogens with zero attached hydrogens (tertiary/aromatic N) is 2. The molecule has 0 aliphatic heterocycles. The van der Waals surface area contributed by atoms with E-state index in [1.807, 2.05) is 18.2 Å². The van der Waals surface area contributed by atoms with Gasteiger partial charge in [0.05, 0.1) is 27.8 Å². The van der Waals surface area contributed by atoms with E-state index < -0.39 is 0 Å². The average molecular weight is 653 g/mol. The minimum Gasteiger partial charge on any atom is -0.455 e. The van der Waals surface area contributed by atoms with Crippen molar-refractivity contribution in [1.82, 2.24) is 9.55 Å². The Balaban J connectivity index is 1.19. The topological polar surface area (TPSA) is 44.1 Å². The Morgan fingerprint density at radius 2 is 0.980 bits per heavy atom. The van der Waals surface area contributed by atoms with Crippen molar-refractivity contribution in [3.05, 3.63) is 170 Å². The molecule has 11 aromatic rings. The number of furan rings is 2. The summed E-state index contributed by atoms with van der Waals surface area (Å²) in [5, 5.41) is 6.59. The number of hydrogen-bond acceptors (Lipinski definition) is 3. The van der Waals surface area contributed by atoms with Crippen molar-refractivity contribution in [2.24, 2.45) is 0 Å². The van der Waals surface area contributed by atoms with Crippen molar-refractivity contribution < 1.29 is 8.83 Å². The Hall–Kier alpha value is -6.91. The van der Waals surface area contributed by atoms with Crippen LogP contribution in [0.2, 0.25) is 0 Å². The van der Waals surface area contributed by atoms with E-state index in [-0.39, 0.29) is 0 Å². The van der Waals surface area contributed by atoms with Crippen molar-refractivity contribution >= 4 is 65.7 Å². The molecule has 0 bridgehead atoms. The van der Waals surface area contributed by atoms with Crippen molar-refractivity contribution in [3.63, 3.8) is 0 Å². The van der Waals surface area contributed by atoms with Crippen LogP contribution >= 0.6 is 0 Å². The Morgan fingerprint density at radius 1 is 0.392 bits per heavy atom. The molecule has 0 saturated carbocycles. The summed E-state index contributed by atoms with van der Waals surface area (Å²) in [5.41, 5.74) is 12.6. The summed E-state index contributed by atoms with van der Waals surface area (Å²) in [7, 11) is 0. The van der Waals surface area contributed by atoms with E-state index in [1.54, 1.807) is 0 Å². The molecule has 51 heavy (non-hydrogen) atoms. The second kappa shape index (κ2) is 10.8. The van der Waals surface area contributed by atoms with Gasteiger partial charge in [0.15, 0.2) is 0 Å². The van der Waals surface area contributed by atoms with Gasteiger partial charge in [0.2, 0.25) is 0 Å². The third kappa shape index (κ3) is 4.17. The second-order valence-electron chi connectivity index (χ2n) is 13.1. The number of para-hydroxylation sites is 5. The van der Waals surface area contributed by atoms with Gasteiger partial charge >= 0.3 is 0 Å². The van der Waals surface area contributed by atoms with Gasteiger partial charge < -0.3 is 13.4 Å². The maximum absolute atomic E-state index is 7.04. The molecule has 4 heterocycles. The van der Waals surface area contributed by atoms with E-state index in [4.69, 9.17) is 13.8 Å². The normalized spacial score (nSPS) is 11.9. The summed E-state index contributed by atoms with van der Waals surface area (Å²) in [6.45, 7) is 0. The lowest BCUT2D eigenvalue weighted by atomic mass is 9.98. The van der Waals surface area contributed by atoms with Crippen molar-refractivity contribution in [1.29, 1.82) is 0 Å². The number of fused-ring (bicyclic) bond motifs is 10. The molecule has 0 atom stereocenters. The highest BCUT2D eigenvalue weighted by atomic mass is 16.3. The molecule has 4 nitrogen and oxygen atoms in total. The molecule has 4 aromatic heterocycles. The van der Waals surface area contributed by atoms with Gasteiger partial charge in [0, 0.05) is 43.7 Å². The van der Waals surface area contributed by atoms with E-state index in [0.29, 0.717) is 0 Å². The predicted molar refractivity (Wildman–Crippen MR) is 209 cm³/mol. The summed E-state index contributed by atoms with van der Waals surface area (Å²) in [6, 6.07) is 59.3. The molecule has 0 unspecified atom stereocenters. The summed E-state index contributed by atoms with van der Waals surface area (Å²) < 4.78 is 15.9. The third-order valence-electron chi connectivity index (χ3n) is 10.2. The Morgan fingerprint density at radius 3 is 1.75 bits per heavy atom. The molecule has 0 N–H and O–H groups in total. The molecule has 0 spiro atoms. The van der Waals surface area contributed by atoms with Crippen LogP contribution in [-0.2, 0) is 0 Å². The van der Waals surface area contributed by atoms with Crippen LogP contribution in [0, 0.1) is 0 Å². The third-order valence-corrected chi connectivity index (χ3v) is 10.2. The number of benzene rings is 7. The molecule has 0 radical (unpaired) electrons. The first kappa shape index (κ1) is 28.0. The van der Waals surface area contributed by atoms with E-state index in [0.717, 1.165) is 105 Å². The van der Waals surface area contributed by atoms with Crippen molar-refractivity contribution in [2.45, 2.75) is 0 Å². The zero-order valence-corrected chi connectivity index (χ0v) is 27.4. The van der Waals surface area contributed by atoms with Crippen molar-refractivity contribution in [2.75, 3.05) is 0 Å². The minimum atomic E-state index is 0.821. The molecule has 0 aliphatic carbocycles. The largest absolute Gasteiger partial charge is 0.455 e. The summed E-state index contributed by atoms with van der Waals surface area (Å²) in [4.78, 5) is 5.37. The molecular formula is C47H28N2O2. The SMILES string of the molecule is c1ccc(-c2cc(-c3cccc4c3oc3ccccc34)nc(-c3cccc4c3oc3c4ccc4c3c3ccccc3n4-c3ccccc3)c2)cc1. The first-order valence-corrected chi connectivity index (χ1v) is 17.2. The fraction of sp³-hybridized carbons (Fsp3) is 0. The summed E-state index contributed by atoms with van der Waals surface area (Å²) in [6.07, 6.45) is 0. The van der Waals surface area contributed by atoms with Gasteiger partial charge in [0.25, 0.3) is 0 Å². The lowest BCUT2D eigenvalue weighted by molar-refractivity contribution is 0.670. The number of hydrogen-bond donors (Lipinski definition) is 0. The number of rotatable bonds is 4. The lowest BCUT2D eigenvalue weighted by Crippen LogP contribution is -1.92. The molecule has 11 rings (SSSR count). The van der Waals surface area contributed by atoms with Crippen molar-refractivity contribution in [3.8, 4) is 39.3 Å². The second-order valence-corrected chi connectivity index (χ2v) is 13.1. The van der Waals surface area contributed by atoms with Crippen LogP contribution in [0.3, 0.4) is 0 Å². The number of aromatic nitrogens is 2. The molecule has 238 valence electrons. The van der Waals surface area contributed by atoms with Gasteiger partial charge in [-0.3, -0.25) is 0 Å². The Kier molecular flexibility index (Phi) is 5.92. The smallest absolute Gasteiger partial charge is 0.145 e. The quantitative estimate of drug-likeness (QED) is 0.190. The first-order valence-electron chi connectivity index (χ1n) is 17.2. The lowest BCUT2D eigenvalue weighted by Gasteiger charge is -2.11. The van der Waals surface area contributed by atoms with Crippen LogP contribution in [-0.4, -0.2) is 9.55 Å². The van der Waals surface area contributed by atoms with Crippen LogP contribution < -0.4 is 0 Å². The molecule has 0 fully saturated rings. The van der Waals surface area contributed by atoms with Crippen LogP contribution in [0.1, 0.15) is 0 Å². The van der Waals surface area contributed by atoms with Gasteiger partial charge in [0.1, 0.15) is 22.3 Å². The minimum absolute atomic E-state index is 0.821. The number of pyridine rings is 1. The van der Waals surface area contributed by atoms with Crippen LogP contribution in [0.4, 0.5) is 0 Å². The maximum Gasteiger partial charge on any atom is 0.145 e. The highest BCUT2D eigenvalue weighted by Gasteiger charge is 2.21. The van der Waals surface area contributed by atoms with Crippen LogP contribution in [0.15, 0.2) is 179 Å². The summed E-state index contributed by atoms with van der Waals surface area (Å²) in [5.74, 6) is 0. The Labute approximate surface area is 292 Å². The van der Waals surface area contributed by atoms with Gasteiger partial charge in [-0.25, -0.2) is 4.98 Å². The fourth-order valence-electron chi connectivity index (χ4n) is 7.92. The van der Waals surface area contributed by atoms with E-state index in [9.17, 15) is 0 Å². The fourth-order valence-corrected chi connectivity index (χ4v) is 7.92. The predicted octanol–water partition coefficient (Wildman–Crippen LogP) is 13.0. The summed E-state index contributed by atoms with van der Waals surface area (Å²) >= 11 is 0. The average Bonchev–Trinajstić information content (AvgIpc) is 3.88. The maximum atomic E-state index is 7.04. The van der Waals surface area contributed by atoms with E-state index in [1.165, 1.54) is 0 Å². The zero-order valence-electron chi connectivity index (χ0n) is 27.4. The van der Waals surface area contributed by atoms with E-state index in [2.05, 4.69) is 156 Å². The molecule has 0 amide bonds. The molecule has 7 aromatic carbocycles. The first-order chi connectivity index (χ1) is 25.3. The standard InChI is InChI=1S/C47H28N2O2/c1-3-13-29(14-4-1)30-27-39(36-21-11-19-33-32-17-8-10-24-43(32)50-45(33)36)48-40(28-30)37-22-12-20-34-35-25-26-42-44(47(35)51-46(34)37)38-18-7-9-23-41(38)49(42)31-15-5-2-6-16-31/h1-28H. The highest BCUT2D eigenvalue weighted by Crippen LogP contribution is 2.44. The van der Waals surface area contributed by atoms with Crippen LogP contribution in [0.25, 0.3) is 105 Å².